The van der Waals surface area contributed by atoms with Gasteiger partial charge in [0.2, 0.25) is 0 Å². The number of amides is 1. The molecule has 2 heterocycles. The number of aromatic nitrogens is 1. The SMILES string of the molecule is CN(C)c1ccc(-n2cccc2/C=N\NC(=O)c2cc3cc(Br)cc(Br)c3o2)cc1. The smallest absolute Gasteiger partial charge is 0.307 e. The Hall–Kier alpha value is -2.84. The van der Waals surface area contributed by atoms with Gasteiger partial charge in [0.1, 0.15) is 5.58 Å². The molecule has 8 heteroatoms. The molecule has 2 aromatic heterocycles. The van der Waals surface area contributed by atoms with Crippen molar-refractivity contribution >= 4 is 60.6 Å². The van der Waals surface area contributed by atoms with Crippen LogP contribution in [0.5, 0.6) is 0 Å². The van der Waals surface area contributed by atoms with Gasteiger partial charge in [0.15, 0.2) is 5.76 Å². The number of anilines is 1. The van der Waals surface area contributed by atoms with Gasteiger partial charge in [0.25, 0.3) is 0 Å². The minimum Gasteiger partial charge on any atom is -0.450 e. The standard InChI is InChI=1S/C22H18Br2N4O2/c1-27(2)16-5-7-17(8-6-16)28-9-3-4-18(28)13-25-26-22(29)20-11-14-10-15(23)12-19(24)21(14)30-20/h3-13H,1-2H3,(H,26,29)/b25-13-. The van der Waals surface area contributed by atoms with Crippen LogP contribution in [0, 0.1) is 0 Å². The van der Waals surface area contributed by atoms with Crippen molar-refractivity contribution < 1.29 is 9.21 Å². The van der Waals surface area contributed by atoms with E-state index >= 15 is 0 Å². The highest BCUT2D eigenvalue weighted by Gasteiger charge is 2.14. The van der Waals surface area contributed by atoms with E-state index in [1.807, 2.05) is 66.2 Å². The summed E-state index contributed by atoms with van der Waals surface area (Å²) in [5, 5.41) is 4.92. The molecule has 0 saturated heterocycles. The van der Waals surface area contributed by atoms with Gasteiger partial charge in [-0.3, -0.25) is 4.79 Å². The maximum atomic E-state index is 12.4. The fourth-order valence-electron chi connectivity index (χ4n) is 3.05. The van der Waals surface area contributed by atoms with E-state index in [1.54, 1.807) is 12.3 Å². The third-order valence-corrected chi connectivity index (χ3v) is 5.59. The second-order valence-corrected chi connectivity index (χ2v) is 8.60. The maximum Gasteiger partial charge on any atom is 0.307 e. The Morgan fingerprint density at radius 1 is 1.13 bits per heavy atom. The molecule has 4 aromatic rings. The summed E-state index contributed by atoms with van der Waals surface area (Å²) in [7, 11) is 4.01. The van der Waals surface area contributed by atoms with Crippen molar-refractivity contribution in [1.29, 1.82) is 0 Å². The molecule has 1 N–H and O–H groups in total. The Kier molecular flexibility index (Phi) is 5.78. The van der Waals surface area contributed by atoms with Crippen molar-refractivity contribution in [2.75, 3.05) is 19.0 Å². The highest BCUT2D eigenvalue weighted by atomic mass is 79.9. The van der Waals surface area contributed by atoms with E-state index in [0.717, 1.165) is 31.4 Å². The summed E-state index contributed by atoms with van der Waals surface area (Å²) in [4.78, 5) is 14.5. The summed E-state index contributed by atoms with van der Waals surface area (Å²) >= 11 is 6.87. The van der Waals surface area contributed by atoms with E-state index in [4.69, 9.17) is 4.42 Å². The van der Waals surface area contributed by atoms with E-state index in [1.165, 1.54) is 0 Å². The predicted molar refractivity (Wildman–Crippen MR) is 127 cm³/mol. The van der Waals surface area contributed by atoms with Gasteiger partial charge in [-0.05, 0) is 70.5 Å². The molecule has 0 bridgehead atoms. The van der Waals surface area contributed by atoms with Crippen LogP contribution in [0.4, 0.5) is 5.69 Å². The van der Waals surface area contributed by atoms with Crippen LogP contribution in [-0.2, 0) is 0 Å². The van der Waals surface area contributed by atoms with Crippen molar-refractivity contribution in [3.05, 3.63) is 81.2 Å². The maximum absolute atomic E-state index is 12.4. The zero-order valence-electron chi connectivity index (χ0n) is 16.3. The number of benzene rings is 2. The van der Waals surface area contributed by atoms with Gasteiger partial charge >= 0.3 is 5.91 Å². The second kappa shape index (κ2) is 8.49. The second-order valence-electron chi connectivity index (χ2n) is 6.83. The number of carbonyl (C=O) groups excluding carboxylic acids is 1. The summed E-state index contributed by atoms with van der Waals surface area (Å²) in [6.45, 7) is 0. The van der Waals surface area contributed by atoms with E-state index in [0.29, 0.717) is 5.58 Å². The number of nitrogens with one attached hydrogen (secondary N) is 1. The van der Waals surface area contributed by atoms with Crippen LogP contribution in [-0.4, -0.2) is 30.8 Å². The summed E-state index contributed by atoms with van der Waals surface area (Å²) in [6, 6.07) is 17.5. The fourth-order valence-corrected chi connectivity index (χ4v) is 4.38. The minimum atomic E-state index is -0.418. The molecular weight excluding hydrogens is 512 g/mol. The molecule has 0 atom stereocenters. The van der Waals surface area contributed by atoms with Crippen molar-refractivity contribution in [1.82, 2.24) is 9.99 Å². The first kappa shape index (κ1) is 20.4. The summed E-state index contributed by atoms with van der Waals surface area (Å²) < 4.78 is 9.32. The lowest BCUT2D eigenvalue weighted by Gasteiger charge is -2.13. The first-order valence-corrected chi connectivity index (χ1v) is 10.7. The van der Waals surface area contributed by atoms with Crippen LogP contribution in [0.25, 0.3) is 16.7 Å². The molecule has 152 valence electrons. The van der Waals surface area contributed by atoms with Gasteiger partial charge < -0.3 is 13.9 Å². The summed E-state index contributed by atoms with van der Waals surface area (Å²) in [5.74, 6) is -0.227. The van der Waals surface area contributed by atoms with Crippen LogP contribution >= 0.6 is 31.9 Å². The lowest BCUT2D eigenvalue weighted by Crippen LogP contribution is -2.17. The molecule has 0 spiro atoms. The lowest BCUT2D eigenvalue weighted by molar-refractivity contribution is 0.0929. The third kappa shape index (κ3) is 4.20. The number of hydrogen-bond acceptors (Lipinski definition) is 4. The quantitative estimate of drug-likeness (QED) is 0.271. The molecule has 0 saturated carbocycles. The first-order chi connectivity index (χ1) is 14.4. The molecule has 1 amide bonds. The number of nitrogens with zero attached hydrogens (tertiary/aromatic N) is 3. The molecule has 6 nitrogen and oxygen atoms in total. The average Bonchev–Trinajstić information content (AvgIpc) is 3.35. The van der Waals surface area contributed by atoms with Crippen molar-refractivity contribution in [2.24, 2.45) is 5.10 Å². The number of hydrazone groups is 1. The number of fused-ring (bicyclic) bond motifs is 1. The zero-order chi connectivity index (χ0) is 21.3. The molecule has 0 radical (unpaired) electrons. The fraction of sp³-hybridized carbons (Fsp3) is 0.0909. The van der Waals surface area contributed by atoms with Crippen molar-refractivity contribution in [2.45, 2.75) is 0 Å². The molecule has 2 aromatic carbocycles. The monoisotopic (exact) mass is 528 g/mol. The Morgan fingerprint density at radius 2 is 1.90 bits per heavy atom. The van der Waals surface area contributed by atoms with Crippen LogP contribution in [0.1, 0.15) is 16.2 Å². The van der Waals surface area contributed by atoms with Crippen LogP contribution < -0.4 is 10.3 Å². The predicted octanol–water partition coefficient (Wildman–Crippen LogP) is 5.58. The van der Waals surface area contributed by atoms with Gasteiger partial charge in [-0.1, -0.05) is 15.9 Å². The van der Waals surface area contributed by atoms with Gasteiger partial charge in [0.05, 0.1) is 16.4 Å². The Labute approximate surface area is 190 Å². The molecule has 30 heavy (non-hydrogen) atoms. The molecule has 0 aliphatic rings. The Morgan fingerprint density at radius 3 is 2.63 bits per heavy atom. The van der Waals surface area contributed by atoms with Crippen molar-refractivity contribution in [3.8, 4) is 5.69 Å². The molecule has 0 fully saturated rings. The van der Waals surface area contributed by atoms with E-state index in [9.17, 15) is 4.79 Å². The van der Waals surface area contributed by atoms with Crippen LogP contribution in [0.15, 0.2) is 79.3 Å². The normalized spacial score (nSPS) is 11.3. The average molecular weight is 530 g/mol. The first-order valence-electron chi connectivity index (χ1n) is 9.09. The van der Waals surface area contributed by atoms with Gasteiger partial charge in [-0.25, -0.2) is 5.43 Å². The molecule has 0 unspecified atom stereocenters. The molecular formula is C22H18Br2N4O2. The van der Waals surface area contributed by atoms with Crippen LogP contribution in [0.3, 0.4) is 0 Å². The van der Waals surface area contributed by atoms with Gasteiger partial charge in [0, 0.05) is 41.5 Å². The van der Waals surface area contributed by atoms with Crippen molar-refractivity contribution in [3.63, 3.8) is 0 Å². The number of furan rings is 1. The van der Waals surface area contributed by atoms with Gasteiger partial charge in [-0.2, -0.15) is 5.10 Å². The number of halogens is 2. The molecule has 0 aliphatic heterocycles. The zero-order valence-corrected chi connectivity index (χ0v) is 19.4. The lowest BCUT2D eigenvalue weighted by atomic mass is 10.2. The summed E-state index contributed by atoms with van der Waals surface area (Å²) in [6.07, 6.45) is 3.55. The molecule has 4 rings (SSSR count). The topological polar surface area (TPSA) is 62.8 Å². The highest BCUT2D eigenvalue weighted by Crippen LogP contribution is 2.31. The number of rotatable bonds is 5. The summed E-state index contributed by atoms with van der Waals surface area (Å²) in [5.41, 5.74) is 6.10. The highest BCUT2D eigenvalue weighted by molar-refractivity contribution is 9.11. The van der Waals surface area contributed by atoms with Crippen LogP contribution in [0.2, 0.25) is 0 Å². The third-order valence-electron chi connectivity index (χ3n) is 4.55. The number of hydrogen-bond donors (Lipinski definition) is 1. The minimum absolute atomic E-state index is 0.190. The van der Waals surface area contributed by atoms with E-state index in [2.05, 4.69) is 54.5 Å². The van der Waals surface area contributed by atoms with E-state index in [-0.39, 0.29) is 5.76 Å². The number of carbonyl (C=O) groups is 1. The van der Waals surface area contributed by atoms with Gasteiger partial charge in [-0.15, -0.1) is 0 Å². The molecule has 0 aliphatic carbocycles. The largest absolute Gasteiger partial charge is 0.450 e. The Bertz CT molecular complexity index is 1240. The Balaban J connectivity index is 1.50. The van der Waals surface area contributed by atoms with E-state index < -0.39 is 5.91 Å².